The number of nitrogens with one attached hydrogen (secondary N) is 2. The quantitative estimate of drug-likeness (QED) is 0.122. The van der Waals surface area contributed by atoms with Gasteiger partial charge in [0.05, 0.1) is 56.8 Å². The van der Waals surface area contributed by atoms with Gasteiger partial charge in [-0.15, -0.1) is 0 Å². The standard InChI is InChI=1S/C30H23ClN4O10/c1-35(2)9-15(37)34-32-8-10-6-12-16(29(44)33-10)26(41)21-11(22(12)31)4-5-30(21)27(42)19-20(28(30)43)25(40)18-17(24(19)39)13(36)7-14(45-3)23(18)38/h6-8,41-43H,4-5,9H2,1-3H3,(H,33,44)(H,34,37)/t30-/m0/s1. The Kier molecular flexibility index (Phi) is 6.67. The number of halogens is 1. The van der Waals surface area contributed by atoms with Crippen LogP contribution in [0.4, 0.5) is 0 Å². The topological polar surface area (TPSA) is 216 Å². The minimum atomic E-state index is -2.09. The summed E-state index contributed by atoms with van der Waals surface area (Å²) >= 11 is 6.75. The number of rotatable bonds is 5. The normalized spacial score (nSPS) is 17.3. The van der Waals surface area contributed by atoms with Crippen molar-refractivity contribution in [3.05, 3.63) is 106 Å². The fourth-order valence-corrected chi connectivity index (χ4v) is 6.72. The fraction of sp³-hybridized carbons (Fsp3) is 0.233. The van der Waals surface area contributed by atoms with E-state index in [0.717, 1.165) is 13.2 Å². The van der Waals surface area contributed by atoms with E-state index in [-0.39, 0.29) is 52.0 Å². The number of carbonyl (C=O) groups is 1. The number of carbonyl (C=O) groups excluding carboxylic acids is 1. The third kappa shape index (κ3) is 3.95. The van der Waals surface area contributed by atoms with Gasteiger partial charge in [-0.1, -0.05) is 11.6 Å². The molecule has 15 heteroatoms. The van der Waals surface area contributed by atoms with E-state index in [1.807, 2.05) is 0 Å². The van der Waals surface area contributed by atoms with Crippen molar-refractivity contribution >= 4 is 46.0 Å². The van der Waals surface area contributed by atoms with E-state index < -0.39 is 82.5 Å². The van der Waals surface area contributed by atoms with Crippen LogP contribution in [-0.2, 0) is 16.6 Å². The van der Waals surface area contributed by atoms with Crippen molar-refractivity contribution in [2.45, 2.75) is 18.3 Å². The highest BCUT2D eigenvalue weighted by Gasteiger charge is 2.53. The largest absolute Gasteiger partial charge is 0.510 e. The number of aliphatic hydroxyl groups is 2. The Labute approximate surface area is 254 Å². The lowest BCUT2D eigenvalue weighted by Gasteiger charge is -2.27. The summed E-state index contributed by atoms with van der Waals surface area (Å²) in [4.78, 5) is 82.2. The molecule has 1 aromatic carbocycles. The molecular weight excluding hydrogens is 612 g/mol. The molecule has 1 aromatic heterocycles. The summed E-state index contributed by atoms with van der Waals surface area (Å²) in [5.41, 5.74) is -4.88. The summed E-state index contributed by atoms with van der Waals surface area (Å²) in [6.45, 7) is 0.0682. The Morgan fingerprint density at radius 1 is 1.04 bits per heavy atom. The van der Waals surface area contributed by atoms with Crippen molar-refractivity contribution in [1.82, 2.24) is 15.3 Å². The maximum atomic E-state index is 13.6. The Hall–Kier alpha value is -5.34. The van der Waals surface area contributed by atoms with Crippen molar-refractivity contribution in [1.29, 1.82) is 0 Å². The zero-order valence-electron chi connectivity index (χ0n) is 23.8. The number of phenols is 1. The first-order valence-electron chi connectivity index (χ1n) is 13.4. The second-order valence-corrected chi connectivity index (χ2v) is 11.4. The number of aromatic nitrogens is 1. The van der Waals surface area contributed by atoms with Gasteiger partial charge < -0.3 is 29.9 Å². The highest BCUT2D eigenvalue weighted by atomic mass is 35.5. The first-order valence-corrected chi connectivity index (χ1v) is 13.8. The molecule has 0 saturated carbocycles. The number of H-pyrrole nitrogens is 1. The van der Waals surface area contributed by atoms with Crippen molar-refractivity contribution in [3.8, 4) is 11.5 Å². The summed E-state index contributed by atoms with van der Waals surface area (Å²) in [6.07, 6.45) is 0.977. The fourth-order valence-electron chi connectivity index (χ4n) is 6.38. The minimum absolute atomic E-state index is 0.00588. The summed E-state index contributed by atoms with van der Waals surface area (Å²) in [5.74, 6) is -3.25. The van der Waals surface area contributed by atoms with Gasteiger partial charge in [-0.3, -0.25) is 28.8 Å². The number of aromatic amines is 1. The molecule has 5 N–H and O–H groups in total. The van der Waals surface area contributed by atoms with E-state index in [4.69, 9.17) is 16.3 Å². The molecule has 1 heterocycles. The van der Waals surface area contributed by atoms with Gasteiger partial charge >= 0.3 is 0 Å². The average Bonchev–Trinajstić information content (AvgIpc) is 3.48. The van der Waals surface area contributed by atoms with Crippen LogP contribution < -0.4 is 47.9 Å². The molecule has 0 radical (unpaired) electrons. The van der Waals surface area contributed by atoms with Gasteiger partial charge in [-0.2, -0.15) is 5.10 Å². The van der Waals surface area contributed by atoms with E-state index in [9.17, 15) is 44.1 Å². The van der Waals surface area contributed by atoms with Crippen LogP contribution in [0, 0.1) is 10.4 Å². The number of hydrazone groups is 1. The summed E-state index contributed by atoms with van der Waals surface area (Å²) in [5, 5.41) is 35.3. The third-order valence-corrected chi connectivity index (χ3v) is 8.66. The number of phenolic OH excluding ortho intramolecular Hbond substituents is 1. The molecule has 2 aromatic rings. The molecule has 1 amide bonds. The van der Waals surface area contributed by atoms with Gasteiger partial charge in [-0.05, 0) is 38.6 Å². The Morgan fingerprint density at radius 3 is 2.31 bits per heavy atom. The zero-order valence-corrected chi connectivity index (χ0v) is 24.6. The first kappa shape index (κ1) is 29.7. The van der Waals surface area contributed by atoms with E-state index in [0.29, 0.717) is 0 Å². The molecule has 230 valence electrons. The van der Waals surface area contributed by atoms with Gasteiger partial charge in [0.1, 0.15) is 22.7 Å². The molecule has 45 heavy (non-hydrogen) atoms. The molecule has 0 bridgehead atoms. The average molecular weight is 635 g/mol. The summed E-state index contributed by atoms with van der Waals surface area (Å²) in [6, 6.07) is 2.16. The zero-order chi connectivity index (χ0) is 32.7. The number of ether oxygens (including phenoxy) is 1. The number of aliphatic hydroxyl groups excluding tert-OH is 2. The Morgan fingerprint density at radius 2 is 1.69 bits per heavy atom. The smallest absolute Gasteiger partial charge is 0.260 e. The molecule has 1 spiro atoms. The van der Waals surface area contributed by atoms with Crippen LogP contribution in [-0.4, -0.2) is 65.1 Å². The van der Waals surface area contributed by atoms with Crippen LogP contribution in [0.1, 0.15) is 23.2 Å². The first-order chi connectivity index (χ1) is 21.3. The number of benzene rings is 1. The maximum absolute atomic E-state index is 13.6. The van der Waals surface area contributed by atoms with Crippen molar-refractivity contribution in [2.24, 2.45) is 5.10 Å². The second-order valence-electron chi connectivity index (χ2n) is 11.1. The van der Waals surface area contributed by atoms with Crippen molar-refractivity contribution in [2.75, 3.05) is 27.7 Å². The lowest BCUT2D eigenvalue weighted by atomic mass is 9.78. The molecule has 1 atom stereocenters. The molecule has 0 fully saturated rings. The maximum Gasteiger partial charge on any atom is 0.260 e. The van der Waals surface area contributed by atoms with E-state index >= 15 is 0 Å². The van der Waals surface area contributed by atoms with Gasteiger partial charge in [0.2, 0.25) is 16.3 Å². The molecule has 14 nitrogen and oxygen atoms in total. The van der Waals surface area contributed by atoms with Gasteiger partial charge in [0, 0.05) is 17.0 Å². The van der Waals surface area contributed by atoms with Crippen molar-refractivity contribution in [3.63, 3.8) is 0 Å². The number of hydrogen-bond donors (Lipinski definition) is 5. The number of likely N-dealkylation sites (N-methyl/N-ethyl adjacent to an activating group) is 1. The third-order valence-electron chi connectivity index (χ3n) is 8.23. The van der Waals surface area contributed by atoms with Crippen molar-refractivity contribution < 1.29 is 24.9 Å². The molecule has 0 saturated heterocycles. The van der Waals surface area contributed by atoms with Gasteiger partial charge in [0.15, 0.2) is 11.2 Å². The molecule has 4 aliphatic rings. The van der Waals surface area contributed by atoms with Gasteiger partial charge in [-0.25, -0.2) is 5.43 Å². The van der Waals surface area contributed by atoms with Crippen LogP contribution >= 0.6 is 11.6 Å². The number of methoxy groups -OCH3 is 1. The lowest BCUT2D eigenvalue weighted by molar-refractivity contribution is -0.121. The van der Waals surface area contributed by atoms with Crippen LogP contribution in [0.2, 0.25) is 5.02 Å². The predicted octanol–water partition coefficient (Wildman–Crippen LogP) is -1.82. The summed E-state index contributed by atoms with van der Waals surface area (Å²) in [7, 11) is 4.50. The number of amides is 1. The molecule has 0 unspecified atom stereocenters. The van der Waals surface area contributed by atoms with Crippen LogP contribution in [0.25, 0.3) is 22.3 Å². The Bertz CT molecular complexity index is 2530. The number of fused-ring (bicyclic) bond motifs is 4. The molecular formula is C30H23ClN4O10. The minimum Gasteiger partial charge on any atom is -0.510 e. The predicted molar refractivity (Wildman–Crippen MR) is 163 cm³/mol. The number of aromatic hydroxyl groups is 1. The van der Waals surface area contributed by atoms with E-state index in [1.165, 1.54) is 12.3 Å². The molecule has 4 aliphatic carbocycles. The van der Waals surface area contributed by atoms with Crippen LogP contribution in [0.15, 0.2) is 41.2 Å². The Balaban J connectivity index is 1.62. The highest BCUT2D eigenvalue weighted by Crippen LogP contribution is 2.56. The molecule has 6 rings (SSSR count). The van der Waals surface area contributed by atoms with E-state index in [2.05, 4.69) is 15.5 Å². The number of pyridine rings is 1. The van der Waals surface area contributed by atoms with Crippen LogP contribution in [0.3, 0.4) is 0 Å². The number of nitrogens with zero attached hydrogens (tertiary/aromatic N) is 2. The van der Waals surface area contributed by atoms with E-state index in [1.54, 1.807) is 19.0 Å². The van der Waals surface area contributed by atoms with Gasteiger partial charge in [0.25, 0.3) is 11.5 Å². The van der Waals surface area contributed by atoms with Crippen LogP contribution in [0.5, 0.6) is 11.5 Å². The SMILES string of the molecule is COc1cc(=O)c2c(=O)c3c(c(=O)c=2c1=O)=C(O)[C@]1(CCc2c1c(O)c1c(=O)[nH]c(C=NNC(=O)CN(C)C)cc1c2Cl)C=3O. The molecule has 0 aliphatic heterocycles. The lowest BCUT2D eigenvalue weighted by Crippen LogP contribution is -2.51. The summed E-state index contributed by atoms with van der Waals surface area (Å²) < 4.78 is 4.89. The monoisotopic (exact) mass is 634 g/mol. The highest BCUT2D eigenvalue weighted by molar-refractivity contribution is 6.37. The number of hydrogen-bond acceptors (Lipinski definition) is 12. The second kappa shape index (κ2) is 10.1.